The Hall–Kier alpha value is -0.550. The SMILES string of the molecule is CCCCCCCCCCCCCCCCCCCCCC(=O)C1CSC(C)(C(=O)O)N1. The molecule has 2 N–H and O–H groups in total. The number of aliphatic carboxylic acids is 1. The highest BCUT2D eigenvalue weighted by molar-refractivity contribution is 8.01. The maximum atomic E-state index is 12.3. The Bertz CT molecular complexity index is 499. The molecule has 2 atom stereocenters. The average molecular weight is 470 g/mol. The summed E-state index contributed by atoms with van der Waals surface area (Å²) in [5.41, 5.74) is 0. The van der Waals surface area contributed by atoms with E-state index < -0.39 is 10.8 Å². The topological polar surface area (TPSA) is 66.4 Å². The Morgan fingerprint density at radius 2 is 1.12 bits per heavy atom. The number of Topliss-reactive ketones (excluding diaryl/α,β-unsaturated/α-hetero) is 1. The molecule has 32 heavy (non-hydrogen) atoms. The van der Waals surface area contributed by atoms with Crippen LogP contribution in [-0.2, 0) is 9.59 Å². The summed E-state index contributed by atoms with van der Waals surface area (Å²) in [6.45, 7) is 3.92. The zero-order valence-corrected chi connectivity index (χ0v) is 21.9. The molecule has 0 aliphatic carbocycles. The highest BCUT2D eigenvalue weighted by Gasteiger charge is 2.43. The van der Waals surface area contributed by atoms with Gasteiger partial charge in [0.15, 0.2) is 10.7 Å². The molecule has 5 heteroatoms. The van der Waals surface area contributed by atoms with Gasteiger partial charge in [-0.15, -0.1) is 11.8 Å². The number of carboxylic acid groups (broad SMARTS) is 1. The van der Waals surface area contributed by atoms with E-state index in [1.807, 2.05) is 0 Å². The predicted molar refractivity (Wildman–Crippen MR) is 138 cm³/mol. The highest BCUT2D eigenvalue weighted by atomic mass is 32.2. The van der Waals surface area contributed by atoms with E-state index in [0.29, 0.717) is 12.2 Å². The van der Waals surface area contributed by atoms with Crippen molar-refractivity contribution in [2.75, 3.05) is 5.75 Å². The molecule has 1 aliphatic heterocycles. The number of carboxylic acids is 1. The second-order valence-corrected chi connectivity index (χ2v) is 11.4. The molecule has 1 saturated heterocycles. The molecule has 1 fully saturated rings. The Kier molecular flexibility index (Phi) is 17.3. The molecule has 0 aromatic heterocycles. The van der Waals surface area contributed by atoms with Gasteiger partial charge < -0.3 is 5.11 Å². The normalized spacial score (nSPS) is 20.6. The zero-order valence-electron chi connectivity index (χ0n) is 21.1. The number of nitrogens with one attached hydrogen (secondary N) is 1. The fourth-order valence-corrected chi connectivity index (χ4v) is 5.63. The first-order valence-corrected chi connectivity index (χ1v) is 14.7. The van der Waals surface area contributed by atoms with Crippen LogP contribution in [0.2, 0.25) is 0 Å². The van der Waals surface area contributed by atoms with Crippen LogP contribution in [0, 0.1) is 0 Å². The Labute approximate surface area is 202 Å². The van der Waals surface area contributed by atoms with Crippen LogP contribution in [0.1, 0.15) is 142 Å². The number of carbonyl (C=O) groups is 2. The van der Waals surface area contributed by atoms with Crippen molar-refractivity contribution >= 4 is 23.5 Å². The molecule has 0 radical (unpaired) electrons. The molecule has 1 rings (SSSR count). The van der Waals surface area contributed by atoms with E-state index in [1.165, 1.54) is 121 Å². The number of hydrogen-bond acceptors (Lipinski definition) is 4. The fraction of sp³-hybridized carbons (Fsp3) is 0.926. The molecule has 2 unspecified atom stereocenters. The lowest BCUT2D eigenvalue weighted by atomic mass is 10.0. The van der Waals surface area contributed by atoms with E-state index in [-0.39, 0.29) is 11.8 Å². The fourth-order valence-electron chi connectivity index (χ4n) is 4.51. The van der Waals surface area contributed by atoms with Gasteiger partial charge in [-0.25, -0.2) is 4.79 Å². The van der Waals surface area contributed by atoms with E-state index >= 15 is 0 Å². The Morgan fingerprint density at radius 3 is 1.47 bits per heavy atom. The number of ketones is 1. The molecule has 0 spiro atoms. The number of thioether (sulfide) groups is 1. The molecule has 0 aromatic rings. The standard InChI is InChI=1S/C27H51NO3S/c1-3-4-5-6-7-8-9-10-11-12-13-14-15-16-17-18-19-20-21-22-25(29)24-23-32-27(2,28-24)26(30)31/h24,28H,3-23H2,1-2H3,(H,30,31). The first-order valence-electron chi connectivity index (χ1n) is 13.7. The average Bonchev–Trinajstić information content (AvgIpc) is 3.19. The van der Waals surface area contributed by atoms with Gasteiger partial charge in [-0.3, -0.25) is 10.1 Å². The van der Waals surface area contributed by atoms with Crippen LogP contribution >= 0.6 is 11.8 Å². The van der Waals surface area contributed by atoms with E-state index in [1.54, 1.807) is 6.92 Å². The van der Waals surface area contributed by atoms with Crippen molar-refractivity contribution in [3.8, 4) is 0 Å². The summed E-state index contributed by atoms with van der Waals surface area (Å²) in [7, 11) is 0. The van der Waals surface area contributed by atoms with Crippen molar-refractivity contribution in [2.24, 2.45) is 0 Å². The van der Waals surface area contributed by atoms with Crippen LogP contribution in [0.15, 0.2) is 0 Å². The lowest BCUT2D eigenvalue weighted by Gasteiger charge is -2.18. The van der Waals surface area contributed by atoms with Crippen molar-refractivity contribution in [1.29, 1.82) is 0 Å². The zero-order chi connectivity index (χ0) is 23.5. The van der Waals surface area contributed by atoms with Crippen LogP contribution in [0.5, 0.6) is 0 Å². The summed E-state index contributed by atoms with van der Waals surface area (Å²) < 4.78 is 0. The molecular formula is C27H51NO3S. The molecular weight excluding hydrogens is 418 g/mol. The smallest absolute Gasteiger partial charge is 0.334 e. The number of carbonyl (C=O) groups excluding carboxylic acids is 1. The Morgan fingerprint density at radius 1 is 0.750 bits per heavy atom. The monoisotopic (exact) mass is 469 g/mol. The molecule has 1 heterocycles. The van der Waals surface area contributed by atoms with E-state index in [2.05, 4.69) is 12.2 Å². The minimum Gasteiger partial charge on any atom is -0.479 e. The molecule has 0 amide bonds. The Balaban J connectivity index is 1.79. The van der Waals surface area contributed by atoms with Gasteiger partial charge in [0.1, 0.15) is 0 Å². The minimum absolute atomic E-state index is 0.175. The largest absolute Gasteiger partial charge is 0.479 e. The first kappa shape index (κ1) is 29.5. The van der Waals surface area contributed by atoms with Gasteiger partial charge in [-0.05, 0) is 13.3 Å². The predicted octanol–water partition coefficient (Wildman–Crippen LogP) is 7.88. The van der Waals surface area contributed by atoms with Crippen LogP contribution in [0.3, 0.4) is 0 Å². The van der Waals surface area contributed by atoms with Crippen molar-refractivity contribution < 1.29 is 14.7 Å². The van der Waals surface area contributed by atoms with Crippen LogP contribution in [0.4, 0.5) is 0 Å². The van der Waals surface area contributed by atoms with Gasteiger partial charge in [0.2, 0.25) is 0 Å². The lowest BCUT2D eigenvalue weighted by Crippen LogP contribution is -2.48. The van der Waals surface area contributed by atoms with Crippen LogP contribution in [0.25, 0.3) is 0 Å². The summed E-state index contributed by atoms with van der Waals surface area (Å²) >= 11 is 1.32. The van der Waals surface area contributed by atoms with Crippen molar-refractivity contribution in [3.05, 3.63) is 0 Å². The first-order chi connectivity index (χ1) is 15.5. The quantitative estimate of drug-likeness (QED) is 0.158. The van der Waals surface area contributed by atoms with Gasteiger partial charge in [-0.1, -0.05) is 122 Å². The van der Waals surface area contributed by atoms with Gasteiger partial charge >= 0.3 is 5.97 Å². The summed E-state index contributed by atoms with van der Waals surface area (Å²) in [6, 6.07) is -0.295. The maximum Gasteiger partial charge on any atom is 0.334 e. The summed E-state index contributed by atoms with van der Waals surface area (Å²) in [6.07, 6.45) is 26.2. The van der Waals surface area contributed by atoms with E-state index in [4.69, 9.17) is 0 Å². The lowest BCUT2D eigenvalue weighted by molar-refractivity contribution is -0.140. The summed E-state index contributed by atoms with van der Waals surface area (Å²) in [5, 5.41) is 12.2. The van der Waals surface area contributed by atoms with Gasteiger partial charge in [-0.2, -0.15) is 0 Å². The molecule has 4 nitrogen and oxygen atoms in total. The number of hydrogen-bond donors (Lipinski definition) is 2. The van der Waals surface area contributed by atoms with Gasteiger partial charge in [0.25, 0.3) is 0 Å². The molecule has 188 valence electrons. The number of rotatable bonds is 22. The third-order valence-corrected chi connectivity index (χ3v) is 8.18. The second kappa shape index (κ2) is 18.8. The van der Waals surface area contributed by atoms with E-state index in [9.17, 15) is 14.7 Å². The van der Waals surface area contributed by atoms with Crippen molar-refractivity contribution in [3.63, 3.8) is 0 Å². The maximum absolute atomic E-state index is 12.3. The van der Waals surface area contributed by atoms with Crippen molar-refractivity contribution in [1.82, 2.24) is 5.32 Å². The van der Waals surface area contributed by atoms with E-state index in [0.717, 1.165) is 12.8 Å². The third-order valence-electron chi connectivity index (χ3n) is 6.81. The van der Waals surface area contributed by atoms with Gasteiger partial charge in [0.05, 0.1) is 6.04 Å². The number of unbranched alkanes of at least 4 members (excludes halogenated alkanes) is 18. The summed E-state index contributed by atoms with van der Waals surface area (Å²) in [5.74, 6) is -0.142. The molecule has 0 aromatic carbocycles. The highest BCUT2D eigenvalue weighted by Crippen LogP contribution is 2.31. The molecule has 1 aliphatic rings. The minimum atomic E-state index is -1.01. The van der Waals surface area contributed by atoms with Crippen LogP contribution in [-0.4, -0.2) is 33.5 Å². The molecule has 0 bridgehead atoms. The third kappa shape index (κ3) is 13.9. The summed E-state index contributed by atoms with van der Waals surface area (Å²) in [4.78, 5) is 22.5. The van der Waals surface area contributed by atoms with Gasteiger partial charge in [0, 0.05) is 12.2 Å². The van der Waals surface area contributed by atoms with Crippen molar-refractivity contribution in [2.45, 2.75) is 153 Å². The second-order valence-electron chi connectivity index (χ2n) is 9.93. The molecule has 0 saturated carbocycles. The van der Waals surface area contributed by atoms with Crippen LogP contribution < -0.4 is 5.32 Å².